The first kappa shape index (κ1) is 13.0. The first-order valence-corrected chi connectivity index (χ1v) is 6.24. The molecule has 2 rings (SSSR count). The molecule has 1 N–H and O–H groups in total. The summed E-state index contributed by atoms with van der Waals surface area (Å²) in [6.45, 7) is 1.15. The minimum Gasteiger partial charge on any atom is -0.490 e. The van der Waals surface area contributed by atoms with Gasteiger partial charge in [0, 0.05) is 11.2 Å². The van der Waals surface area contributed by atoms with Crippen LogP contribution in [0.25, 0.3) is 0 Å². The van der Waals surface area contributed by atoms with Crippen molar-refractivity contribution in [3.63, 3.8) is 0 Å². The van der Waals surface area contributed by atoms with E-state index in [1.807, 2.05) is 18.2 Å². The molecule has 18 heavy (non-hydrogen) atoms. The van der Waals surface area contributed by atoms with Crippen LogP contribution in [0.5, 0.6) is 5.75 Å². The second-order valence-corrected chi connectivity index (χ2v) is 4.41. The number of aromatic nitrogens is 1. The van der Waals surface area contributed by atoms with Crippen LogP contribution in [-0.2, 0) is 0 Å². The lowest BCUT2D eigenvalue weighted by atomic mass is 10.3. The molecule has 0 bridgehead atoms. The van der Waals surface area contributed by atoms with Gasteiger partial charge in [0.25, 0.3) is 0 Å². The Labute approximate surface area is 116 Å². The van der Waals surface area contributed by atoms with Gasteiger partial charge < -0.3 is 10.1 Å². The second-order valence-electron chi connectivity index (χ2n) is 3.56. The highest BCUT2D eigenvalue weighted by Crippen LogP contribution is 2.27. The van der Waals surface area contributed by atoms with Crippen LogP contribution >= 0.6 is 23.2 Å². The Kier molecular flexibility index (Phi) is 4.67. The Balaban J connectivity index is 1.79. The first-order valence-electron chi connectivity index (χ1n) is 5.48. The van der Waals surface area contributed by atoms with Gasteiger partial charge in [0.05, 0.1) is 11.6 Å². The third-order valence-electron chi connectivity index (χ3n) is 2.22. The fraction of sp³-hybridized carbons (Fsp3) is 0.154. The lowest BCUT2D eigenvalue weighted by Crippen LogP contribution is -2.12. The molecule has 0 saturated heterocycles. The van der Waals surface area contributed by atoms with Gasteiger partial charge in [0.15, 0.2) is 0 Å². The maximum absolute atomic E-state index is 5.98. The van der Waals surface area contributed by atoms with Gasteiger partial charge in [-0.3, -0.25) is 0 Å². The molecular formula is C13H12Cl2N2O. The monoisotopic (exact) mass is 282 g/mol. The SMILES string of the molecule is Clc1ccc(OCCNc2ccccn2)c(Cl)c1. The summed E-state index contributed by atoms with van der Waals surface area (Å²) >= 11 is 11.8. The standard InChI is InChI=1S/C13H12Cl2N2O/c14-10-4-5-12(11(15)9-10)18-8-7-17-13-3-1-2-6-16-13/h1-6,9H,7-8H2,(H,16,17). The normalized spacial score (nSPS) is 10.1. The van der Waals surface area contributed by atoms with Gasteiger partial charge in [-0.05, 0) is 30.3 Å². The minimum absolute atomic E-state index is 0.498. The molecule has 5 heteroatoms. The van der Waals surface area contributed by atoms with E-state index in [1.54, 1.807) is 24.4 Å². The summed E-state index contributed by atoms with van der Waals surface area (Å²) in [4.78, 5) is 4.14. The predicted octanol–water partition coefficient (Wildman–Crippen LogP) is 3.88. The third-order valence-corrected chi connectivity index (χ3v) is 2.76. The molecule has 0 amide bonds. The maximum Gasteiger partial charge on any atom is 0.138 e. The van der Waals surface area contributed by atoms with E-state index in [0.717, 1.165) is 5.82 Å². The lowest BCUT2D eigenvalue weighted by Gasteiger charge is -2.09. The summed E-state index contributed by atoms with van der Waals surface area (Å²) < 4.78 is 5.53. The molecule has 2 aromatic rings. The number of anilines is 1. The summed E-state index contributed by atoms with van der Waals surface area (Å²) in [5.74, 6) is 1.45. The van der Waals surface area contributed by atoms with Gasteiger partial charge in [0.1, 0.15) is 18.2 Å². The van der Waals surface area contributed by atoms with Crippen molar-refractivity contribution in [2.45, 2.75) is 0 Å². The van der Waals surface area contributed by atoms with Crippen LogP contribution in [0.4, 0.5) is 5.82 Å². The number of benzene rings is 1. The van der Waals surface area contributed by atoms with Crippen molar-refractivity contribution in [1.82, 2.24) is 4.98 Å². The molecule has 0 atom stereocenters. The summed E-state index contributed by atoms with van der Waals surface area (Å²) in [5, 5.41) is 4.25. The van der Waals surface area contributed by atoms with Crippen molar-refractivity contribution in [1.29, 1.82) is 0 Å². The van der Waals surface area contributed by atoms with Gasteiger partial charge in [-0.2, -0.15) is 0 Å². The quantitative estimate of drug-likeness (QED) is 0.845. The van der Waals surface area contributed by atoms with Gasteiger partial charge in [-0.1, -0.05) is 29.3 Å². The second kappa shape index (κ2) is 6.47. The largest absolute Gasteiger partial charge is 0.490 e. The molecular weight excluding hydrogens is 271 g/mol. The Morgan fingerprint density at radius 3 is 2.78 bits per heavy atom. The average Bonchev–Trinajstić information content (AvgIpc) is 2.38. The van der Waals surface area contributed by atoms with Crippen molar-refractivity contribution in [2.24, 2.45) is 0 Å². The number of rotatable bonds is 5. The Hall–Kier alpha value is -1.45. The molecule has 1 heterocycles. The third kappa shape index (κ3) is 3.79. The number of ether oxygens (including phenoxy) is 1. The first-order chi connectivity index (χ1) is 8.75. The number of pyridine rings is 1. The van der Waals surface area contributed by atoms with Gasteiger partial charge in [-0.15, -0.1) is 0 Å². The van der Waals surface area contributed by atoms with E-state index >= 15 is 0 Å². The highest BCUT2D eigenvalue weighted by atomic mass is 35.5. The zero-order valence-corrected chi connectivity index (χ0v) is 11.1. The van der Waals surface area contributed by atoms with E-state index in [-0.39, 0.29) is 0 Å². The molecule has 0 radical (unpaired) electrons. The lowest BCUT2D eigenvalue weighted by molar-refractivity contribution is 0.333. The molecule has 0 aliphatic heterocycles. The van der Waals surface area contributed by atoms with E-state index in [2.05, 4.69) is 10.3 Å². The van der Waals surface area contributed by atoms with Crippen LogP contribution in [0.1, 0.15) is 0 Å². The number of nitrogens with zero attached hydrogens (tertiary/aromatic N) is 1. The summed E-state index contributed by atoms with van der Waals surface area (Å²) in [6, 6.07) is 10.8. The van der Waals surface area contributed by atoms with E-state index < -0.39 is 0 Å². The number of hydrogen-bond donors (Lipinski definition) is 1. The molecule has 0 fully saturated rings. The van der Waals surface area contributed by atoms with Crippen LogP contribution in [0.3, 0.4) is 0 Å². The Morgan fingerprint density at radius 1 is 1.17 bits per heavy atom. The van der Waals surface area contributed by atoms with Crippen molar-refractivity contribution in [3.8, 4) is 5.75 Å². The van der Waals surface area contributed by atoms with Crippen molar-refractivity contribution in [2.75, 3.05) is 18.5 Å². The predicted molar refractivity (Wildman–Crippen MR) is 74.7 cm³/mol. The van der Waals surface area contributed by atoms with Crippen LogP contribution in [-0.4, -0.2) is 18.1 Å². The number of hydrogen-bond acceptors (Lipinski definition) is 3. The van der Waals surface area contributed by atoms with Crippen molar-refractivity contribution < 1.29 is 4.74 Å². The van der Waals surface area contributed by atoms with Crippen LogP contribution in [0.2, 0.25) is 10.0 Å². The molecule has 1 aromatic heterocycles. The molecule has 0 aliphatic carbocycles. The summed E-state index contributed by atoms with van der Waals surface area (Å²) in [5.41, 5.74) is 0. The molecule has 0 unspecified atom stereocenters. The minimum atomic E-state index is 0.498. The van der Waals surface area contributed by atoms with Crippen molar-refractivity contribution >= 4 is 29.0 Å². The maximum atomic E-state index is 5.98. The zero-order valence-electron chi connectivity index (χ0n) is 9.57. The zero-order chi connectivity index (χ0) is 12.8. The van der Waals surface area contributed by atoms with E-state index in [9.17, 15) is 0 Å². The van der Waals surface area contributed by atoms with Crippen LogP contribution in [0, 0.1) is 0 Å². The van der Waals surface area contributed by atoms with E-state index in [0.29, 0.717) is 28.9 Å². The van der Waals surface area contributed by atoms with Crippen molar-refractivity contribution in [3.05, 3.63) is 52.6 Å². The molecule has 0 spiro atoms. The fourth-order valence-corrected chi connectivity index (χ4v) is 1.86. The fourth-order valence-electron chi connectivity index (χ4n) is 1.40. The van der Waals surface area contributed by atoms with Crippen LogP contribution < -0.4 is 10.1 Å². The summed E-state index contributed by atoms with van der Waals surface area (Å²) in [7, 11) is 0. The van der Waals surface area contributed by atoms with Gasteiger partial charge in [0.2, 0.25) is 0 Å². The van der Waals surface area contributed by atoms with Gasteiger partial charge >= 0.3 is 0 Å². The molecule has 1 aromatic carbocycles. The van der Waals surface area contributed by atoms with Gasteiger partial charge in [-0.25, -0.2) is 4.98 Å². The smallest absolute Gasteiger partial charge is 0.138 e. The Morgan fingerprint density at radius 2 is 2.06 bits per heavy atom. The van der Waals surface area contributed by atoms with E-state index in [4.69, 9.17) is 27.9 Å². The van der Waals surface area contributed by atoms with E-state index in [1.165, 1.54) is 0 Å². The average molecular weight is 283 g/mol. The Bertz CT molecular complexity index is 506. The number of nitrogens with one attached hydrogen (secondary N) is 1. The topological polar surface area (TPSA) is 34.1 Å². The number of halogens is 2. The molecule has 0 saturated carbocycles. The summed E-state index contributed by atoms with van der Waals surface area (Å²) in [6.07, 6.45) is 1.74. The molecule has 3 nitrogen and oxygen atoms in total. The molecule has 94 valence electrons. The highest BCUT2D eigenvalue weighted by molar-refractivity contribution is 6.35. The molecule has 0 aliphatic rings. The van der Waals surface area contributed by atoms with Crippen LogP contribution in [0.15, 0.2) is 42.6 Å². The highest BCUT2D eigenvalue weighted by Gasteiger charge is 2.01.